The molecule has 4 heteroatoms. The minimum Gasteiger partial charge on any atom is -0.399 e. The smallest absolute Gasteiger partial charge is 0.150 e. The summed E-state index contributed by atoms with van der Waals surface area (Å²) in [4.78, 5) is 12.6. The molecule has 0 saturated carbocycles. The Morgan fingerprint density at radius 1 is 1.30 bits per heavy atom. The van der Waals surface area contributed by atoms with E-state index in [1.807, 2.05) is 7.05 Å². The van der Waals surface area contributed by atoms with E-state index in [1.165, 1.54) is 32.5 Å². The van der Waals surface area contributed by atoms with Crippen LogP contribution in [0, 0.1) is 0 Å². The molecule has 1 aromatic rings. The first-order chi connectivity index (χ1) is 9.67. The van der Waals surface area contributed by atoms with Crippen LogP contribution < -0.4 is 11.1 Å². The lowest BCUT2D eigenvalue weighted by molar-refractivity contribution is 0.112. The topological polar surface area (TPSA) is 58.4 Å². The number of rotatable bonds is 8. The van der Waals surface area contributed by atoms with Gasteiger partial charge in [0.05, 0.1) is 0 Å². The molecule has 0 bridgehead atoms. The van der Waals surface area contributed by atoms with Crippen molar-refractivity contribution in [1.82, 2.24) is 10.2 Å². The third-order valence-corrected chi connectivity index (χ3v) is 3.00. The van der Waals surface area contributed by atoms with Crippen LogP contribution in [0.2, 0.25) is 0 Å². The maximum Gasteiger partial charge on any atom is 0.150 e. The molecule has 0 aliphatic heterocycles. The van der Waals surface area contributed by atoms with Crippen LogP contribution >= 0.6 is 0 Å². The Morgan fingerprint density at radius 3 is 2.50 bits per heavy atom. The number of nitrogens with zero attached hydrogens (tertiary/aromatic N) is 1. The van der Waals surface area contributed by atoms with Crippen LogP contribution in [-0.2, 0) is 0 Å². The number of benzene rings is 1. The molecular weight excluding hydrogens is 250 g/mol. The van der Waals surface area contributed by atoms with Gasteiger partial charge in [-0.25, -0.2) is 0 Å². The van der Waals surface area contributed by atoms with Crippen molar-refractivity contribution in [2.24, 2.45) is 0 Å². The fourth-order valence-corrected chi connectivity index (χ4v) is 1.71. The van der Waals surface area contributed by atoms with Gasteiger partial charge in [-0.1, -0.05) is 32.4 Å². The molecule has 0 fully saturated rings. The van der Waals surface area contributed by atoms with E-state index in [9.17, 15) is 4.79 Å². The quantitative estimate of drug-likeness (QED) is 0.567. The van der Waals surface area contributed by atoms with E-state index < -0.39 is 0 Å². The van der Waals surface area contributed by atoms with Gasteiger partial charge in [0.25, 0.3) is 0 Å². The van der Waals surface area contributed by atoms with Gasteiger partial charge in [-0.05, 0) is 38.7 Å². The molecule has 114 valence electrons. The van der Waals surface area contributed by atoms with Crippen molar-refractivity contribution in [3.8, 4) is 0 Å². The molecule has 20 heavy (non-hydrogen) atoms. The van der Waals surface area contributed by atoms with Gasteiger partial charge in [0, 0.05) is 24.3 Å². The number of nitrogens with two attached hydrogens (primary N) is 1. The van der Waals surface area contributed by atoms with Crippen LogP contribution in [0.1, 0.15) is 37.0 Å². The molecule has 0 aromatic heterocycles. The summed E-state index contributed by atoms with van der Waals surface area (Å²) in [5.41, 5.74) is 6.62. The number of carbonyl (C=O) groups is 1. The minimum absolute atomic E-state index is 0.620. The third-order valence-electron chi connectivity index (χ3n) is 3.00. The average Bonchev–Trinajstić information content (AvgIpc) is 2.48. The molecule has 3 N–H and O–H groups in total. The van der Waals surface area contributed by atoms with Crippen molar-refractivity contribution in [1.29, 1.82) is 0 Å². The molecule has 0 atom stereocenters. The Bertz CT molecular complexity index is 347. The summed E-state index contributed by atoms with van der Waals surface area (Å²) < 4.78 is 0. The second-order valence-corrected chi connectivity index (χ2v) is 4.68. The Balaban J connectivity index is 0.000000367. The molecule has 0 saturated heterocycles. The summed E-state index contributed by atoms with van der Waals surface area (Å²) in [7, 11) is 2.01. The first kappa shape index (κ1) is 18.6. The van der Waals surface area contributed by atoms with Crippen LogP contribution in [0.3, 0.4) is 0 Å². The number of unbranched alkanes of at least 4 members (excludes halogenated alkanes) is 1. The molecule has 0 unspecified atom stereocenters. The van der Waals surface area contributed by atoms with E-state index in [-0.39, 0.29) is 0 Å². The first-order valence-corrected chi connectivity index (χ1v) is 7.35. The van der Waals surface area contributed by atoms with Gasteiger partial charge >= 0.3 is 0 Å². The molecule has 4 nitrogen and oxygen atoms in total. The number of likely N-dealkylation sites (N-methyl/N-ethyl adjacent to an activating group) is 2. The minimum atomic E-state index is 0.620. The number of anilines is 1. The number of nitrogens with one attached hydrogen (secondary N) is 1. The molecule has 0 spiro atoms. The van der Waals surface area contributed by atoms with Crippen LogP contribution in [0.15, 0.2) is 24.3 Å². The highest BCUT2D eigenvalue weighted by Crippen LogP contribution is 2.02. The lowest BCUT2D eigenvalue weighted by atomic mass is 10.2. The molecule has 0 aliphatic carbocycles. The summed E-state index contributed by atoms with van der Waals surface area (Å²) >= 11 is 0. The molecular formula is C16H29N3O. The highest BCUT2D eigenvalue weighted by molar-refractivity contribution is 5.76. The number of nitrogen functional groups attached to an aromatic ring is 1. The van der Waals surface area contributed by atoms with Gasteiger partial charge in [-0.2, -0.15) is 0 Å². The predicted molar refractivity (Wildman–Crippen MR) is 87.2 cm³/mol. The van der Waals surface area contributed by atoms with E-state index in [4.69, 9.17) is 5.73 Å². The van der Waals surface area contributed by atoms with Crippen LogP contribution in [-0.4, -0.2) is 44.4 Å². The van der Waals surface area contributed by atoms with Crippen LogP contribution in [0.25, 0.3) is 0 Å². The lowest BCUT2D eigenvalue weighted by Crippen LogP contribution is -2.31. The first-order valence-electron chi connectivity index (χ1n) is 7.35. The Kier molecular flexibility index (Phi) is 11.8. The van der Waals surface area contributed by atoms with Crippen molar-refractivity contribution >= 4 is 12.0 Å². The Morgan fingerprint density at radius 2 is 2.05 bits per heavy atom. The van der Waals surface area contributed by atoms with Crippen LogP contribution in [0.4, 0.5) is 5.69 Å². The zero-order valence-corrected chi connectivity index (χ0v) is 13.1. The van der Waals surface area contributed by atoms with Gasteiger partial charge < -0.3 is 16.0 Å². The third kappa shape index (κ3) is 9.53. The van der Waals surface area contributed by atoms with Gasteiger partial charge in [0.15, 0.2) is 0 Å². The predicted octanol–water partition coefficient (Wildman–Crippen LogP) is 2.41. The zero-order chi connectivity index (χ0) is 15.2. The van der Waals surface area contributed by atoms with Crippen molar-refractivity contribution in [3.63, 3.8) is 0 Å². The van der Waals surface area contributed by atoms with Crippen molar-refractivity contribution in [2.75, 3.05) is 39.0 Å². The number of aldehydes is 1. The fraction of sp³-hybridized carbons (Fsp3) is 0.562. The van der Waals surface area contributed by atoms with E-state index in [1.54, 1.807) is 24.3 Å². The monoisotopic (exact) mass is 279 g/mol. The second-order valence-electron chi connectivity index (χ2n) is 4.68. The summed E-state index contributed by atoms with van der Waals surface area (Å²) in [6.07, 6.45) is 3.41. The van der Waals surface area contributed by atoms with Crippen molar-refractivity contribution < 1.29 is 4.79 Å². The summed E-state index contributed by atoms with van der Waals surface area (Å²) in [6.45, 7) is 9.21. The molecule has 1 rings (SSSR count). The maximum absolute atomic E-state index is 10.1. The average molecular weight is 279 g/mol. The standard InChI is InChI=1S/C9H22N2.C7H7NO/c1-4-6-8-11(5-2)9-7-10-3;8-7-3-1-2-6(4-7)5-9/h10H,4-9H2,1-3H3;1-5H,8H2. The molecule has 0 radical (unpaired) electrons. The van der Waals surface area contributed by atoms with Gasteiger partial charge in [-0.3, -0.25) is 4.79 Å². The highest BCUT2D eigenvalue weighted by atomic mass is 16.1. The highest BCUT2D eigenvalue weighted by Gasteiger charge is 1.98. The van der Waals surface area contributed by atoms with E-state index >= 15 is 0 Å². The van der Waals surface area contributed by atoms with E-state index in [2.05, 4.69) is 24.1 Å². The maximum atomic E-state index is 10.1. The number of carbonyl (C=O) groups excluding carboxylic acids is 1. The molecule has 1 aromatic carbocycles. The van der Waals surface area contributed by atoms with Crippen LogP contribution in [0.5, 0.6) is 0 Å². The lowest BCUT2D eigenvalue weighted by Gasteiger charge is -2.19. The van der Waals surface area contributed by atoms with E-state index in [0.717, 1.165) is 12.8 Å². The number of hydrogen-bond acceptors (Lipinski definition) is 4. The van der Waals surface area contributed by atoms with Crippen molar-refractivity contribution in [3.05, 3.63) is 29.8 Å². The summed E-state index contributed by atoms with van der Waals surface area (Å²) in [5.74, 6) is 0. The Hall–Kier alpha value is -1.39. The van der Waals surface area contributed by atoms with Gasteiger partial charge in [0.2, 0.25) is 0 Å². The molecule has 0 heterocycles. The normalized spacial score (nSPS) is 10.0. The molecule has 0 amide bonds. The second kappa shape index (κ2) is 12.6. The van der Waals surface area contributed by atoms with E-state index in [0.29, 0.717) is 11.3 Å². The largest absolute Gasteiger partial charge is 0.399 e. The molecule has 0 aliphatic rings. The summed E-state index contributed by atoms with van der Waals surface area (Å²) in [6, 6.07) is 6.84. The Labute approximate surface area is 123 Å². The fourth-order valence-electron chi connectivity index (χ4n) is 1.71. The van der Waals surface area contributed by atoms with Gasteiger partial charge in [0.1, 0.15) is 6.29 Å². The van der Waals surface area contributed by atoms with Gasteiger partial charge in [-0.15, -0.1) is 0 Å². The number of hydrogen-bond donors (Lipinski definition) is 2. The SMILES string of the molecule is CCCCN(CC)CCNC.Nc1cccc(C=O)c1. The summed E-state index contributed by atoms with van der Waals surface area (Å²) in [5, 5.41) is 3.17. The zero-order valence-electron chi connectivity index (χ0n) is 13.1. The van der Waals surface area contributed by atoms with Crippen molar-refractivity contribution in [2.45, 2.75) is 26.7 Å².